The molecule has 0 amide bonds. The van der Waals surface area contributed by atoms with Gasteiger partial charge >= 0.3 is 0 Å². The topological polar surface area (TPSA) is 49.0 Å². The van der Waals surface area contributed by atoms with Crippen molar-refractivity contribution >= 4 is 5.82 Å². The van der Waals surface area contributed by atoms with E-state index in [1.54, 1.807) is 12.4 Å². The monoisotopic (exact) mass is 241 g/mol. The molecule has 1 aromatic heterocycles. The van der Waals surface area contributed by atoms with E-state index in [2.05, 4.69) is 39.1 Å². The van der Waals surface area contributed by atoms with Crippen LogP contribution in [-0.4, -0.2) is 23.1 Å². The molecule has 2 aromatic rings. The van der Waals surface area contributed by atoms with Gasteiger partial charge in [0.1, 0.15) is 0 Å². The summed E-state index contributed by atoms with van der Waals surface area (Å²) in [7, 11) is 0. The van der Waals surface area contributed by atoms with E-state index in [0.29, 0.717) is 11.7 Å². The van der Waals surface area contributed by atoms with Crippen LogP contribution < -0.4 is 10.5 Å². The van der Waals surface area contributed by atoms with Gasteiger partial charge < -0.3 is 9.88 Å². The molecule has 2 heterocycles. The molecule has 1 atom stereocenters. The van der Waals surface area contributed by atoms with Crippen molar-refractivity contribution < 1.29 is 0 Å². The van der Waals surface area contributed by atoms with E-state index < -0.39 is 0 Å². The zero-order valence-electron chi connectivity index (χ0n) is 10.0. The highest BCUT2D eigenvalue weighted by Gasteiger charge is 2.25. The van der Waals surface area contributed by atoms with Crippen LogP contribution in [0.3, 0.4) is 0 Å². The second kappa shape index (κ2) is 4.64. The van der Waals surface area contributed by atoms with Gasteiger partial charge in [-0.05, 0) is 12.0 Å². The van der Waals surface area contributed by atoms with Crippen LogP contribution in [-0.2, 0) is 0 Å². The first-order valence-corrected chi connectivity index (χ1v) is 6.18. The summed E-state index contributed by atoms with van der Waals surface area (Å²) in [5.41, 5.74) is 1.23. The Bertz CT molecular complexity index is 579. The summed E-state index contributed by atoms with van der Waals surface area (Å²) in [5, 5.41) is 0. The van der Waals surface area contributed by atoms with Gasteiger partial charge in [0.15, 0.2) is 5.82 Å². The van der Waals surface area contributed by atoms with Gasteiger partial charge in [-0.1, -0.05) is 30.3 Å². The van der Waals surface area contributed by atoms with Crippen molar-refractivity contribution in [1.29, 1.82) is 0 Å². The minimum absolute atomic E-state index is 0.105. The molecule has 0 radical (unpaired) electrons. The van der Waals surface area contributed by atoms with Crippen LogP contribution in [0.25, 0.3) is 0 Å². The van der Waals surface area contributed by atoms with Crippen molar-refractivity contribution in [3.8, 4) is 0 Å². The first kappa shape index (κ1) is 11.0. The van der Waals surface area contributed by atoms with Crippen molar-refractivity contribution in [2.75, 3.05) is 18.0 Å². The average Bonchev–Trinajstić information content (AvgIpc) is 2.90. The Labute approximate surface area is 105 Å². The number of aromatic nitrogens is 2. The average molecular weight is 241 g/mol. The molecule has 1 N–H and O–H groups in total. The number of hydrogen-bond acceptors (Lipinski definition) is 3. The molecule has 18 heavy (non-hydrogen) atoms. The normalized spacial score (nSPS) is 19.1. The fourth-order valence-corrected chi connectivity index (χ4v) is 2.52. The van der Waals surface area contributed by atoms with Gasteiger partial charge in [0.2, 0.25) is 0 Å². The summed E-state index contributed by atoms with van der Waals surface area (Å²) in [6.45, 7) is 1.75. The fourth-order valence-electron chi connectivity index (χ4n) is 2.52. The maximum Gasteiger partial charge on any atom is 0.290 e. The Morgan fingerprint density at radius 2 is 2.11 bits per heavy atom. The zero-order valence-corrected chi connectivity index (χ0v) is 10.0. The molecule has 0 bridgehead atoms. The van der Waals surface area contributed by atoms with Crippen molar-refractivity contribution in [2.24, 2.45) is 0 Å². The molecule has 92 valence electrons. The van der Waals surface area contributed by atoms with Crippen molar-refractivity contribution in [1.82, 2.24) is 9.97 Å². The van der Waals surface area contributed by atoms with Crippen molar-refractivity contribution in [2.45, 2.75) is 12.3 Å². The Morgan fingerprint density at radius 1 is 1.28 bits per heavy atom. The summed E-state index contributed by atoms with van der Waals surface area (Å²) < 4.78 is 0. The van der Waals surface area contributed by atoms with Gasteiger partial charge in [-0.3, -0.25) is 4.79 Å². The van der Waals surface area contributed by atoms with Crippen LogP contribution in [0.15, 0.2) is 47.5 Å². The van der Waals surface area contributed by atoms with Gasteiger partial charge in [-0.2, -0.15) is 0 Å². The lowest BCUT2D eigenvalue weighted by atomic mass is 9.99. The van der Waals surface area contributed by atoms with E-state index in [-0.39, 0.29) is 5.56 Å². The van der Waals surface area contributed by atoms with Gasteiger partial charge in [0, 0.05) is 31.4 Å². The van der Waals surface area contributed by atoms with Crippen LogP contribution >= 0.6 is 0 Å². The van der Waals surface area contributed by atoms with Gasteiger partial charge in [0.25, 0.3) is 5.56 Å². The van der Waals surface area contributed by atoms with Crippen LogP contribution in [0.4, 0.5) is 5.82 Å². The summed E-state index contributed by atoms with van der Waals surface area (Å²) in [6, 6.07) is 10.4. The summed E-state index contributed by atoms with van der Waals surface area (Å²) in [6.07, 6.45) is 4.27. The number of H-pyrrole nitrogens is 1. The Balaban J connectivity index is 1.81. The third-order valence-corrected chi connectivity index (χ3v) is 3.45. The Morgan fingerprint density at radius 3 is 2.89 bits per heavy atom. The molecule has 4 heteroatoms. The van der Waals surface area contributed by atoms with Gasteiger partial charge in [-0.25, -0.2) is 4.98 Å². The number of aromatic amines is 1. The number of rotatable bonds is 2. The maximum absolute atomic E-state index is 11.7. The highest BCUT2D eigenvalue weighted by atomic mass is 16.1. The minimum Gasteiger partial charge on any atom is -0.351 e. The van der Waals surface area contributed by atoms with Crippen molar-refractivity contribution in [3.63, 3.8) is 0 Å². The second-order valence-corrected chi connectivity index (χ2v) is 4.58. The fraction of sp³-hybridized carbons (Fsp3) is 0.286. The summed E-state index contributed by atoms with van der Waals surface area (Å²) in [5.74, 6) is 1.03. The molecule has 0 aliphatic carbocycles. The number of hydrogen-bond donors (Lipinski definition) is 1. The van der Waals surface area contributed by atoms with Gasteiger partial charge in [0.05, 0.1) is 0 Å². The van der Waals surface area contributed by atoms with E-state index in [0.717, 1.165) is 19.5 Å². The largest absolute Gasteiger partial charge is 0.351 e. The van der Waals surface area contributed by atoms with E-state index >= 15 is 0 Å². The minimum atomic E-state index is -0.105. The van der Waals surface area contributed by atoms with Crippen LogP contribution in [0.5, 0.6) is 0 Å². The molecule has 1 fully saturated rings. The molecule has 1 aromatic carbocycles. The number of nitrogens with one attached hydrogen (secondary N) is 1. The van der Waals surface area contributed by atoms with Crippen LogP contribution in [0.2, 0.25) is 0 Å². The molecule has 3 rings (SSSR count). The lowest BCUT2D eigenvalue weighted by Gasteiger charge is -2.16. The third-order valence-electron chi connectivity index (χ3n) is 3.45. The standard InChI is InChI=1S/C14H15N3O/c18-14-13(15-7-8-16-14)17-9-6-12(10-17)11-4-2-1-3-5-11/h1-5,7-8,12H,6,9-10H2,(H,16,18). The van der Waals surface area contributed by atoms with E-state index in [1.807, 2.05) is 6.07 Å². The number of nitrogens with zero attached hydrogens (tertiary/aromatic N) is 2. The van der Waals surface area contributed by atoms with Crippen LogP contribution in [0.1, 0.15) is 17.9 Å². The number of anilines is 1. The van der Waals surface area contributed by atoms with E-state index in [9.17, 15) is 4.79 Å². The van der Waals surface area contributed by atoms with E-state index in [4.69, 9.17) is 0 Å². The Kier molecular flexibility index (Phi) is 2.84. The predicted molar refractivity (Wildman–Crippen MR) is 70.9 cm³/mol. The highest BCUT2D eigenvalue weighted by molar-refractivity contribution is 5.39. The molecule has 0 saturated carbocycles. The van der Waals surface area contributed by atoms with Crippen LogP contribution in [0, 0.1) is 0 Å². The molecule has 1 unspecified atom stereocenters. The predicted octanol–water partition coefficient (Wildman–Crippen LogP) is 1.76. The lowest BCUT2D eigenvalue weighted by molar-refractivity contribution is 0.773. The maximum atomic E-state index is 11.7. The molecule has 0 spiro atoms. The zero-order chi connectivity index (χ0) is 12.4. The quantitative estimate of drug-likeness (QED) is 0.871. The smallest absolute Gasteiger partial charge is 0.290 e. The van der Waals surface area contributed by atoms with Crippen molar-refractivity contribution in [3.05, 3.63) is 58.6 Å². The first-order chi connectivity index (χ1) is 8.84. The highest BCUT2D eigenvalue weighted by Crippen LogP contribution is 2.28. The first-order valence-electron chi connectivity index (χ1n) is 6.18. The lowest BCUT2D eigenvalue weighted by Crippen LogP contribution is -2.27. The molecule has 1 saturated heterocycles. The SMILES string of the molecule is O=c1[nH]ccnc1N1CCC(c2ccccc2)C1. The molecular formula is C14H15N3O. The Hall–Kier alpha value is -2.10. The van der Waals surface area contributed by atoms with Gasteiger partial charge in [-0.15, -0.1) is 0 Å². The third kappa shape index (κ3) is 2.01. The molecular weight excluding hydrogens is 226 g/mol. The molecule has 1 aliphatic heterocycles. The summed E-state index contributed by atoms with van der Waals surface area (Å²) >= 11 is 0. The van der Waals surface area contributed by atoms with E-state index in [1.165, 1.54) is 5.56 Å². The molecule has 4 nitrogen and oxygen atoms in total. The number of benzene rings is 1. The molecule has 1 aliphatic rings. The second-order valence-electron chi connectivity index (χ2n) is 4.58. The summed E-state index contributed by atoms with van der Waals surface area (Å²) in [4.78, 5) is 20.6.